The normalized spacial score (nSPS) is 14.0. The third-order valence-electron chi connectivity index (χ3n) is 3.19. The summed E-state index contributed by atoms with van der Waals surface area (Å²) in [7, 11) is 0. The molecule has 0 bridgehead atoms. The number of rotatable bonds is 7. The number of hydrogen-bond acceptors (Lipinski definition) is 3. The summed E-state index contributed by atoms with van der Waals surface area (Å²) in [5.74, 6) is -2.18. The van der Waals surface area contributed by atoms with E-state index in [9.17, 15) is 22.8 Å². The van der Waals surface area contributed by atoms with Crippen LogP contribution in [-0.2, 0) is 16.0 Å². The van der Waals surface area contributed by atoms with Crippen LogP contribution in [0, 0.1) is 5.92 Å². The number of ether oxygens (including phenoxy) is 1. The van der Waals surface area contributed by atoms with Gasteiger partial charge in [-0.2, -0.15) is 13.2 Å². The van der Waals surface area contributed by atoms with Crippen molar-refractivity contribution in [2.45, 2.75) is 32.5 Å². The quantitative estimate of drug-likeness (QED) is 0.803. The zero-order valence-electron chi connectivity index (χ0n) is 12.7. The van der Waals surface area contributed by atoms with E-state index in [1.54, 1.807) is 13.0 Å². The molecular weight excluding hydrogens is 315 g/mol. The summed E-state index contributed by atoms with van der Waals surface area (Å²) in [4.78, 5) is 22.7. The van der Waals surface area contributed by atoms with Gasteiger partial charge >= 0.3 is 12.1 Å². The van der Waals surface area contributed by atoms with Crippen LogP contribution in [0.2, 0.25) is 0 Å². The van der Waals surface area contributed by atoms with E-state index in [2.05, 4.69) is 10.1 Å². The first-order valence-electron chi connectivity index (χ1n) is 6.89. The summed E-state index contributed by atoms with van der Waals surface area (Å²) in [5, 5.41) is 11.4. The largest absolute Gasteiger partial charge is 0.484 e. The van der Waals surface area contributed by atoms with Gasteiger partial charge in [0.25, 0.3) is 0 Å². The molecule has 0 fully saturated rings. The summed E-state index contributed by atoms with van der Waals surface area (Å²) < 4.78 is 40.9. The molecule has 2 unspecified atom stereocenters. The van der Waals surface area contributed by atoms with Crippen molar-refractivity contribution >= 4 is 11.9 Å². The second kappa shape index (κ2) is 7.85. The number of aliphatic carboxylic acids is 1. The molecule has 0 aliphatic heterocycles. The van der Waals surface area contributed by atoms with Crippen molar-refractivity contribution in [1.82, 2.24) is 5.32 Å². The van der Waals surface area contributed by atoms with Crippen molar-refractivity contribution in [2.24, 2.45) is 5.92 Å². The van der Waals surface area contributed by atoms with Gasteiger partial charge in [0.05, 0.1) is 12.3 Å². The van der Waals surface area contributed by atoms with Crippen molar-refractivity contribution in [1.29, 1.82) is 0 Å². The van der Waals surface area contributed by atoms with Crippen LogP contribution in [0.3, 0.4) is 0 Å². The monoisotopic (exact) mass is 333 g/mol. The summed E-state index contributed by atoms with van der Waals surface area (Å²) >= 11 is 0. The molecular formula is C15H18F3NO4. The number of carbonyl (C=O) groups is 2. The highest BCUT2D eigenvalue weighted by molar-refractivity contribution is 5.80. The first-order valence-corrected chi connectivity index (χ1v) is 6.89. The van der Waals surface area contributed by atoms with Crippen molar-refractivity contribution in [2.75, 3.05) is 6.61 Å². The maximum Gasteiger partial charge on any atom is 0.422 e. The lowest BCUT2D eigenvalue weighted by molar-refractivity contribution is -0.153. The summed E-state index contributed by atoms with van der Waals surface area (Å²) in [5.41, 5.74) is 0.470. The van der Waals surface area contributed by atoms with Gasteiger partial charge in [-0.1, -0.05) is 12.1 Å². The molecule has 5 nitrogen and oxygen atoms in total. The Morgan fingerprint density at radius 1 is 1.30 bits per heavy atom. The van der Waals surface area contributed by atoms with Gasteiger partial charge in [-0.25, -0.2) is 0 Å². The lowest BCUT2D eigenvalue weighted by atomic mass is 10.0. The first kappa shape index (κ1) is 18.8. The molecule has 1 amide bonds. The summed E-state index contributed by atoms with van der Waals surface area (Å²) in [6.45, 7) is 1.63. The molecule has 0 heterocycles. The van der Waals surface area contributed by atoms with Crippen molar-refractivity contribution < 1.29 is 32.6 Å². The Hall–Kier alpha value is -2.25. The number of nitrogens with one attached hydrogen (secondary N) is 1. The van der Waals surface area contributed by atoms with Crippen molar-refractivity contribution in [3.63, 3.8) is 0 Å². The Morgan fingerprint density at radius 3 is 2.52 bits per heavy atom. The zero-order chi connectivity index (χ0) is 17.6. The number of carboxylic acids is 1. The standard InChI is InChI=1S/C15H18F3NO4/c1-9(14(21)22)10(2)19-13(20)7-11-4-3-5-12(6-11)23-8-15(16,17)18/h3-6,9-10H,7-8H2,1-2H3,(H,19,20)(H,21,22). The number of halogens is 3. The molecule has 1 aromatic rings. The molecule has 8 heteroatoms. The highest BCUT2D eigenvalue weighted by Crippen LogP contribution is 2.19. The summed E-state index contributed by atoms with van der Waals surface area (Å²) in [6, 6.07) is 5.20. The minimum absolute atomic E-state index is 0.0135. The molecule has 0 aliphatic carbocycles. The van der Waals surface area contributed by atoms with Crippen LogP contribution in [0.15, 0.2) is 24.3 Å². The molecule has 0 spiro atoms. The maximum atomic E-state index is 12.1. The van der Waals surface area contributed by atoms with E-state index in [-0.39, 0.29) is 12.2 Å². The second-order valence-corrected chi connectivity index (χ2v) is 5.21. The first-order chi connectivity index (χ1) is 10.6. The van der Waals surface area contributed by atoms with Crippen LogP contribution in [-0.4, -0.2) is 35.8 Å². The molecule has 2 atom stereocenters. The Labute approximate surface area is 131 Å². The maximum absolute atomic E-state index is 12.1. The van der Waals surface area contributed by atoms with Crippen molar-refractivity contribution in [3.05, 3.63) is 29.8 Å². The fraction of sp³-hybridized carbons (Fsp3) is 0.467. The molecule has 0 aliphatic rings. The van der Waals surface area contributed by atoms with E-state index in [0.29, 0.717) is 5.56 Å². The zero-order valence-corrected chi connectivity index (χ0v) is 12.7. The Balaban J connectivity index is 2.60. The third-order valence-corrected chi connectivity index (χ3v) is 3.19. The topological polar surface area (TPSA) is 75.6 Å². The number of carbonyl (C=O) groups excluding carboxylic acids is 1. The van der Waals surface area contributed by atoms with E-state index in [1.165, 1.54) is 25.1 Å². The molecule has 128 valence electrons. The van der Waals surface area contributed by atoms with Gasteiger partial charge in [-0.3, -0.25) is 9.59 Å². The molecule has 0 saturated heterocycles. The number of hydrogen-bond donors (Lipinski definition) is 2. The molecule has 2 N–H and O–H groups in total. The van der Waals surface area contributed by atoms with Gasteiger partial charge < -0.3 is 15.2 Å². The van der Waals surface area contributed by atoms with Gasteiger partial charge in [0.15, 0.2) is 6.61 Å². The number of amides is 1. The van der Waals surface area contributed by atoms with Gasteiger partial charge in [0.2, 0.25) is 5.91 Å². The van der Waals surface area contributed by atoms with E-state index in [0.717, 1.165) is 0 Å². The lowest BCUT2D eigenvalue weighted by Gasteiger charge is -2.17. The highest BCUT2D eigenvalue weighted by atomic mass is 19.4. The Kier molecular flexibility index (Phi) is 6.41. The molecule has 0 saturated carbocycles. The predicted molar refractivity (Wildman–Crippen MR) is 76.1 cm³/mol. The van der Waals surface area contributed by atoms with Gasteiger partial charge in [-0.15, -0.1) is 0 Å². The van der Waals surface area contributed by atoms with Crippen LogP contribution < -0.4 is 10.1 Å². The number of alkyl halides is 3. The molecule has 0 radical (unpaired) electrons. The van der Waals surface area contributed by atoms with Crippen LogP contribution in [0.5, 0.6) is 5.75 Å². The molecule has 1 rings (SSSR count). The van der Waals surface area contributed by atoms with Crippen LogP contribution in [0.25, 0.3) is 0 Å². The van der Waals surface area contributed by atoms with E-state index in [4.69, 9.17) is 5.11 Å². The van der Waals surface area contributed by atoms with E-state index >= 15 is 0 Å². The van der Waals surface area contributed by atoms with E-state index < -0.39 is 36.6 Å². The van der Waals surface area contributed by atoms with Crippen LogP contribution in [0.4, 0.5) is 13.2 Å². The smallest absolute Gasteiger partial charge is 0.422 e. The minimum atomic E-state index is -4.43. The molecule has 23 heavy (non-hydrogen) atoms. The van der Waals surface area contributed by atoms with Gasteiger partial charge in [-0.05, 0) is 31.5 Å². The summed E-state index contributed by atoms with van der Waals surface area (Å²) in [6.07, 6.45) is -4.52. The lowest BCUT2D eigenvalue weighted by Crippen LogP contribution is -2.40. The molecule has 0 aromatic heterocycles. The van der Waals surface area contributed by atoms with Gasteiger partial charge in [0.1, 0.15) is 5.75 Å². The molecule has 1 aromatic carbocycles. The average Bonchev–Trinajstić information content (AvgIpc) is 2.43. The minimum Gasteiger partial charge on any atom is -0.484 e. The Morgan fingerprint density at radius 2 is 1.96 bits per heavy atom. The fourth-order valence-electron chi connectivity index (χ4n) is 1.74. The van der Waals surface area contributed by atoms with E-state index in [1.807, 2.05) is 0 Å². The third kappa shape index (κ3) is 7.03. The van der Waals surface area contributed by atoms with Crippen molar-refractivity contribution in [3.8, 4) is 5.75 Å². The number of carboxylic acid groups (broad SMARTS) is 1. The number of benzene rings is 1. The fourth-order valence-corrected chi connectivity index (χ4v) is 1.74. The SMILES string of the molecule is CC(NC(=O)Cc1cccc(OCC(F)(F)F)c1)C(C)C(=O)O. The van der Waals surface area contributed by atoms with Gasteiger partial charge in [0, 0.05) is 6.04 Å². The highest BCUT2D eigenvalue weighted by Gasteiger charge is 2.28. The van der Waals surface area contributed by atoms with Crippen LogP contribution in [0.1, 0.15) is 19.4 Å². The predicted octanol–water partition coefficient (Wildman–Crippen LogP) is 2.40. The van der Waals surface area contributed by atoms with Crippen LogP contribution >= 0.6 is 0 Å². The average molecular weight is 333 g/mol. The Bertz CT molecular complexity index is 560. The second-order valence-electron chi connectivity index (χ2n) is 5.21.